The van der Waals surface area contributed by atoms with Gasteiger partial charge in [-0.25, -0.2) is 0 Å². The van der Waals surface area contributed by atoms with Gasteiger partial charge in [0.1, 0.15) is 0 Å². The van der Waals surface area contributed by atoms with E-state index in [0.29, 0.717) is 23.4 Å². The number of carbonyl (C=O) groups is 2. The van der Waals surface area contributed by atoms with Crippen molar-refractivity contribution in [3.05, 3.63) is 99.5 Å². The summed E-state index contributed by atoms with van der Waals surface area (Å²) >= 11 is 3.36. The summed E-state index contributed by atoms with van der Waals surface area (Å²) in [7, 11) is 0. The number of fused-ring (bicyclic) bond motifs is 1. The number of hydrogen-bond donors (Lipinski definition) is 1. The highest BCUT2D eigenvalue weighted by Crippen LogP contribution is 2.43. The molecule has 4 nitrogen and oxygen atoms in total. The van der Waals surface area contributed by atoms with E-state index in [0.717, 1.165) is 15.6 Å². The lowest BCUT2D eigenvalue weighted by Gasteiger charge is -2.23. The van der Waals surface area contributed by atoms with E-state index in [-0.39, 0.29) is 12.2 Å². The van der Waals surface area contributed by atoms with Crippen LogP contribution in [0.25, 0.3) is 0 Å². The third kappa shape index (κ3) is 3.63. The van der Waals surface area contributed by atoms with Crippen LogP contribution in [0.3, 0.4) is 0 Å². The fraction of sp³-hybridized carbons (Fsp3) is 0.167. The smallest absolute Gasteiger partial charge is 0.264 e. The van der Waals surface area contributed by atoms with Crippen molar-refractivity contribution in [3.8, 4) is 0 Å². The molecule has 0 saturated carbocycles. The van der Waals surface area contributed by atoms with E-state index in [1.165, 1.54) is 0 Å². The lowest BCUT2D eigenvalue weighted by Crippen LogP contribution is -2.41. The van der Waals surface area contributed by atoms with Crippen LogP contribution in [0.4, 0.5) is 5.69 Å². The van der Waals surface area contributed by atoms with E-state index in [2.05, 4.69) is 15.9 Å². The number of aliphatic hydroxyl groups is 1. The molecule has 0 unspecified atom stereocenters. The molecule has 1 aliphatic heterocycles. The number of aryl methyl sites for hydroxylation is 1. The van der Waals surface area contributed by atoms with Gasteiger partial charge in [0.2, 0.25) is 0 Å². The molecule has 1 aliphatic rings. The van der Waals surface area contributed by atoms with Crippen LogP contribution < -0.4 is 4.90 Å². The van der Waals surface area contributed by atoms with Gasteiger partial charge in [-0.15, -0.1) is 0 Å². The molecular formula is C24H20BrNO3. The number of carbonyl (C=O) groups excluding carboxylic acids is 2. The fourth-order valence-electron chi connectivity index (χ4n) is 3.71. The highest BCUT2D eigenvalue weighted by molar-refractivity contribution is 9.10. The van der Waals surface area contributed by atoms with Crippen LogP contribution in [-0.4, -0.2) is 16.8 Å². The first-order valence-corrected chi connectivity index (χ1v) is 10.2. The van der Waals surface area contributed by atoms with Gasteiger partial charge >= 0.3 is 0 Å². The highest BCUT2D eigenvalue weighted by atomic mass is 79.9. The molecule has 1 N–H and O–H groups in total. The third-order valence-electron chi connectivity index (χ3n) is 5.26. The summed E-state index contributed by atoms with van der Waals surface area (Å²) in [6.45, 7) is 2.34. The van der Waals surface area contributed by atoms with Crippen molar-refractivity contribution in [1.82, 2.24) is 0 Å². The number of nitrogens with zero attached hydrogens (tertiary/aromatic N) is 1. The van der Waals surface area contributed by atoms with Crippen molar-refractivity contribution < 1.29 is 14.7 Å². The molecule has 1 atom stereocenters. The Morgan fingerprint density at radius 1 is 1.03 bits per heavy atom. The summed E-state index contributed by atoms with van der Waals surface area (Å²) in [5, 5.41) is 11.4. The first kappa shape index (κ1) is 19.6. The molecule has 3 aromatic carbocycles. The van der Waals surface area contributed by atoms with E-state index in [9.17, 15) is 14.7 Å². The van der Waals surface area contributed by atoms with Gasteiger partial charge in [0.15, 0.2) is 11.4 Å². The van der Waals surface area contributed by atoms with Gasteiger partial charge in [-0.2, -0.15) is 0 Å². The maximum absolute atomic E-state index is 13.3. The quantitative estimate of drug-likeness (QED) is 0.570. The Morgan fingerprint density at radius 2 is 1.76 bits per heavy atom. The predicted molar refractivity (Wildman–Crippen MR) is 116 cm³/mol. The standard InChI is InChI=1S/C24H20BrNO3/c1-16-9-11-17(12-10-16)15-26-21-8-3-2-7-20(21)24(29,23(26)28)14-22(27)18-5-4-6-19(25)13-18/h2-13,29H,14-15H2,1H3/t24-/m1/s1. The lowest BCUT2D eigenvalue weighted by molar-refractivity contribution is -0.136. The van der Waals surface area contributed by atoms with E-state index in [1.807, 2.05) is 49.4 Å². The number of rotatable bonds is 5. The minimum Gasteiger partial charge on any atom is -0.375 e. The SMILES string of the molecule is Cc1ccc(CN2C(=O)[C@@](O)(CC(=O)c3cccc(Br)c3)c3ccccc32)cc1. The summed E-state index contributed by atoms with van der Waals surface area (Å²) in [6, 6.07) is 22.0. The average molecular weight is 450 g/mol. The zero-order valence-electron chi connectivity index (χ0n) is 15.9. The number of amides is 1. The molecule has 3 aromatic rings. The molecule has 0 spiro atoms. The molecule has 0 aromatic heterocycles. The topological polar surface area (TPSA) is 57.6 Å². The van der Waals surface area contributed by atoms with E-state index in [1.54, 1.807) is 35.2 Å². The number of halogens is 1. The van der Waals surface area contributed by atoms with Crippen LogP contribution in [0.2, 0.25) is 0 Å². The van der Waals surface area contributed by atoms with E-state index >= 15 is 0 Å². The Bertz CT molecular complexity index is 1090. The number of hydrogen-bond acceptors (Lipinski definition) is 3. The molecule has 0 radical (unpaired) electrons. The Kier molecular flexibility index (Phi) is 5.11. The minimum atomic E-state index is -1.87. The van der Waals surface area contributed by atoms with Crippen LogP contribution >= 0.6 is 15.9 Å². The normalized spacial score (nSPS) is 18.0. The van der Waals surface area contributed by atoms with Gasteiger partial charge in [-0.05, 0) is 30.7 Å². The zero-order chi connectivity index (χ0) is 20.6. The molecule has 1 heterocycles. The molecule has 29 heavy (non-hydrogen) atoms. The van der Waals surface area contributed by atoms with Crippen molar-refractivity contribution in [3.63, 3.8) is 0 Å². The maximum atomic E-state index is 13.3. The average Bonchev–Trinajstić information content (AvgIpc) is 2.92. The van der Waals surface area contributed by atoms with Gasteiger partial charge in [0, 0.05) is 15.6 Å². The molecule has 0 aliphatic carbocycles. The summed E-state index contributed by atoms with van der Waals surface area (Å²) < 4.78 is 0.773. The summed E-state index contributed by atoms with van der Waals surface area (Å²) in [5.41, 5.74) is 1.79. The van der Waals surface area contributed by atoms with Gasteiger partial charge in [-0.1, -0.05) is 76.1 Å². The van der Waals surface area contributed by atoms with Gasteiger partial charge in [0.05, 0.1) is 18.7 Å². The summed E-state index contributed by atoms with van der Waals surface area (Å²) in [5.74, 6) is -0.753. The number of ketones is 1. The molecule has 1 amide bonds. The van der Waals surface area contributed by atoms with Crippen molar-refractivity contribution in [2.24, 2.45) is 0 Å². The Labute approximate surface area is 177 Å². The Morgan fingerprint density at radius 3 is 2.48 bits per heavy atom. The number of benzene rings is 3. The molecule has 0 bridgehead atoms. The second-order valence-electron chi connectivity index (χ2n) is 7.36. The van der Waals surface area contributed by atoms with Crippen LogP contribution in [0, 0.1) is 6.92 Å². The molecular weight excluding hydrogens is 430 g/mol. The second kappa shape index (κ2) is 7.58. The molecule has 0 saturated heterocycles. The monoisotopic (exact) mass is 449 g/mol. The van der Waals surface area contributed by atoms with Crippen LogP contribution in [0.1, 0.15) is 33.5 Å². The van der Waals surface area contributed by atoms with Crippen molar-refractivity contribution in [1.29, 1.82) is 0 Å². The van der Waals surface area contributed by atoms with Gasteiger partial charge in [0.25, 0.3) is 5.91 Å². The van der Waals surface area contributed by atoms with E-state index in [4.69, 9.17) is 0 Å². The molecule has 5 heteroatoms. The van der Waals surface area contributed by atoms with Gasteiger partial charge < -0.3 is 10.0 Å². The zero-order valence-corrected chi connectivity index (χ0v) is 17.5. The Balaban J connectivity index is 1.67. The largest absolute Gasteiger partial charge is 0.375 e. The van der Waals surface area contributed by atoms with Crippen molar-refractivity contribution in [2.75, 3.05) is 4.90 Å². The van der Waals surface area contributed by atoms with Crippen molar-refractivity contribution >= 4 is 33.3 Å². The first-order valence-electron chi connectivity index (χ1n) is 9.37. The number of para-hydroxylation sites is 1. The molecule has 4 rings (SSSR count). The lowest BCUT2D eigenvalue weighted by atomic mass is 9.88. The third-order valence-corrected chi connectivity index (χ3v) is 5.76. The fourth-order valence-corrected chi connectivity index (χ4v) is 4.11. The summed E-state index contributed by atoms with van der Waals surface area (Å²) in [6.07, 6.45) is -0.302. The van der Waals surface area contributed by atoms with Crippen LogP contribution in [-0.2, 0) is 16.9 Å². The first-order chi connectivity index (χ1) is 13.9. The van der Waals surface area contributed by atoms with Crippen LogP contribution in [0.15, 0.2) is 77.3 Å². The second-order valence-corrected chi connectivity index (χ2v) is 8.28. The summed E-state index contributed by atoms with van der Waals surface area (Å²) in [4.78, 5) is 27.7. The van der Waals surface area contributed by atoms with Crippen LogP contribution in [0.5, 0.6) is 0 Å². The highest BCUT2D eigenvalue weighted by Gasteiger charge is 2.50. The molecule has 0 fully saturated rings. The Hall–Kier alpha value is -2.76. The van der Waals surface area contributed by atoms with E-state index < -0.39 is 11.5 Å². The predicted octanol–water partition coefficient (Wildman–Crippen LogP) is 4.76. The molecule has 146 valence electrons. The maximum Gasteiger partial charge on any atom is 0.264 e. The minimum absolute atomic E-state index is 0.283. The van der Waals surface area contributed by atoms with Gasteiger partial charge in [-0.3, -0.25) is 9.59 Å². The number of Topliss-reactive ketones (excluding diaryl/α,β-unsaturated/α-hetero) is 1. The van der Waals surface area contributed by atoms with Crippen molar-refractivity contribution in [2.45, 2.75) is 25.5 Å². The number of anilines is 1.